The van der Waals surface area contributed by atoms with E-state index in [1.165, 1.54) is 12.8 Å². The van der Waals surface area contributed by atoms with Crippen molar-refractivity contribution in [3.05, 3.63) is 16.1 Å². The number of hydrogen-bond donors (Lipinski definition) is 2. The Hall–Kier alpha value is -0.710. The summed E-state index contributed by atoms with van der Waals surface area (Å²) in [6.07, 6.45) is 3.66. The van der Waals surface area contributed by atoms with Crippen molar-refractivity contribution >= 4 is 29.0 Å². The molecule has 4 nitrogen and oxygen atoms in total. The summed E-state index contributed by atoms with van der Waals surface area (Å²) in [5.41, 5.74) is 2.39. The standard InChI is InChI=1S/C10H13Cl2N3O/c11-7-5-8(12)10(14-9(7)15-13)16-4-3-6-1-2-6/h5-6H,1-4,13H2,(H,14,15). The highest BCUT2D eigenvalue weighted by atomic mass is 35.5. The van der Waals surface area contributed by atoms with Gasteiger partial charge in [-0.05, 0) is 18.4 Å². The van der Waals surface area contributed by atoms with Crippen molar-refractivity contribution in [3.63, 3.8) is 0 Å². The van der Waals surface area contributed by atoms with Crippen molar-refractivity contribution in [1.82, 2.24) is 4.98 Å². The summed E-state index contributed by atoms with van der Waals surface area (Å²) in [5, 5.41) is 0.779. The number of aromatic nitrogens is 1. The van der Waals surface area contributed by atoms with E-state index in [1.54, 1.807) is 6.07 Å². The van der Waals surface area contributed by atoms with Crippen LogP contribution < -0.4 is 16.0 Å². The smallest absolute Gasteiger partial charge is 0.234 e. The summed E-state index contributed by atoms with van der Waals surface area (Å²) in [5.74, 6) is 6.82. The lowest BCUT2D eigenvalue weighted by atomic mass is 10.3. The van der Waals surface area contributed by atoms with Crippen LogP contribution >= 0.6 is 23.2 Å². The molecule has 0 bridgehead atoms. The Morgan fingerprint density at radius 3 is 2.81 bits per heavy atom. The van der Waals surface area contributed by atoms with E-state index in [0.717, 1.165) is 12.3 Å². The molecule has 0 aromatic carbocycles. The minimum Gasteiger partial charge on any atom is -0.477 e. The van der Waals surface area contributed by atoms with E-state index in [2.05, 4.69) is 10.4 Å². The van der Waals surface area contributed by atoms with Gasteiger partial charge in [0, 0.05) is 0 Å². The molecule has 1 aromatic heterocycles. The molecule has 0 atom stereocenters. The molecule has 0 spiro atoms. The molecule has 0 unspecified atom stereocenters. The third kappa shape index (κ3) is 2.90. The Morgan fingerprint density at radius 1 is 1.44 bits per heavy atom. The number of rotatable bonds is 5. The zero-order valence-electron chi connectivity index (χ0n) is 8.67. The number of nitrogens with one attached hydrogen (secondary N) is 1. The van der Waals surface area contributed by atoms with Crippen molar-refractivity contribution in [2.45, 2.75) is 19.3 Å². The first-order valence-electron chi connectivity index (χ1n) is 5.16. The molecule has 0 aliphatic heterocycles. The molecule has 1 saturated carbocycles. The van der Waals surface area contributed by atoms with Gasteiger partial charge in [-0.25, -0.2) is 5.84 Å². The maximum Gasteiger partial charge on any atom is 0.234 e. The molecule has 1 fully saturated rings. The second-order valence-electron chi connectivity index (χ2n) is 3.83. The van der Waals surface area contributed by atoms with Crippen LogP contribution in [0.2, 0.25) is 10.0 Å². The van der Waals surface area contributed by atoms with Gasteiger partial charge in [0.2, 0.25) is 5.88 Å². The van der Waals surface area contributed by atoms with Crippen LogP contribution in [-0.4, -0.2) is 11.6 Å². The molecule has 16 heavy (non-hydrogen) atoms. The van der Waals surface area contributed by atoms with Gasteiger partial charge >= 0.3 is 0 Å². The van der Waals surface area contributed by atoms with Crippen LogP contribution in [0, 0.1) is 5.92 Å². The van der Waals surface area contributed by atoms with Gasteiger partial charge in [-0.2, -0.15) is 4.98 Å². The number of pyridine rings is 1. The molecule has 88 valence electrons. The average molecular weight is 262 g/mol. The topological polar surface area (TPSA) is 60.2 Å². The minimum absolute atomic E-state index is 0.368. The molecule has 0 amide bonds. The summed E-state index contributed by atoms with van der Waals surface area (Å²) in [7, 11) is 0. The monoisotopic (exact) mass is 261 g/mol. The molecule has 1 aliphatic carbocycles. The maximum atomic E-state index is 5.95. The van der Waals surface area contributed by atoms with Gasteiger partial charge in [0.15, 0.2) is 5.82 Å². The SMILES string of the molecule is NNc1nc(OCCC2CC2)c(Cl)cc1Cl. The lowest BCUT2D eigenvalue weighted by Gasteiger charge is -2.09. The van der Waals surface area contributed by atoms with Gasteiger partial charge in [0.05, 0.1) is 11.6 Å². The summed E-state index contributed by atoms with van der Waals surface area (Å²) in [4.78, 5) is 4.09. The summed E-state index contributed by atoms with van der Waals surface area (Å²) in [6.45, 7) is 0.628. The fourth-order valence-corrected chi connectivity index (χ4v) is 1.85. The first-order valence-corrected chi connectivity index (χ1v) is 5.91. The van der Waals surface area contributed by atoms with E-state index in [9.17, 15) is 0 Å². The van der Waals surface area contributed by atoms with E-state index in [0.29, 0.717) is 28.3 Å². The molecular weight excluding hydrogens is 249 g/mol. The van der Waals surface area contributed by atoms with Gasteiger partial charge in [-0.15, -0.1) is 0 Å². The summed E-state index contributed by atoms with van der Waals surface area (Å²) >= 11 is 11.8. The molecule has 0 saturated heterocycles. The van der Waals surface area contributed by atoms with Crippen molar-refractivity contribution < 1.29 is 4.74 Å². The Kier molecular flexibility index (Phi) is 3.74. The molecule has 3 N–H and O–H groups in total. The van der Waals surface area contributed by atoms with Gasteiger partial charge in [-0.3, -0.25) is 0 Å². The zero-order valence-corrected chi connectivity index (χ0v) is 10.2. The first-order chi connectivity index (χ1) is 7.70. The molecule has 2 rings (SSSR count). The Labute approximate surface area is 104 Å². The van der Waals surface area contributed by atoms with Crippen LogP contribution in [0.1, 0.15) is 19.3 Å². The van der Waals surface area contributed by atoms with E-state index in [4.69, 9.17) is 33.8 Å². The highest BCUT2D eigenvalue weighted by Crippen LogP contribution is 2.33. The van der Waals surface area contributed by atoms with Crippen LogP contribution in [0.25, 0.3) is 0 Å². The quantitative estimate of drug-likeness (QED) is 0.632. The largest absolute Gasteiger partial charge is 0.477 e. The molecule has 0 radical (unpaired) electrons. The van der Waals surface area contributed by atoms with Gasteiger partial charge < -0.3 is 10.2 Å². The third-order valence-corrected chi connectivity index (χ3v) is 3.05. The van der Waals surface area contributed by atoms with Crippen molar-refractivity contribution in [3.8, 4) is 5.88 Å². The van der Waals surface area contributed by atoms with Crippen LogP contribution in [0.3, 0.4) is 0 Å². The van der Waals surface area contributed by atoms with Crippen molar-refractivity contribution in [2.75, 3.05) is 12.0 Å². The molecule has 1 heterocycles. The minimum atomic E-state index is 0.368. The van der Waals surface area contributed by atoms with E-state index < -0.39 is 0 Å². The highest BCUT2D eigenvalue weighted by molar-refractivity contribution is 6.36. The number of halogens is 2. The zero-order chi connectivity index (χ0) is 11.5. The average Bonchev–Trinajstić information content (AvgIpc) is 3.05. The fourth-order valence-electron chi connectivity index (χ4n) is 1.38. The number of nitrogen functional groups attached to an aromatic ring is 1. The third-order valence-electron chi connectivity index (χ3n) is 2.50. The first kappa shape index (κ1) is 11.8. The predicted molar refractivity (Wildman–Crippen MR) is 64.9 cm³/mol. The maximum absolute atomic E-state index is 5.95. The summed E-state index contributed by atoms with van der Waals surface area (Å²) < 4.78 is 5.49. The second kappa shape index (κ2) is 5.08. The number of nitrogens with zero attached hydrogens (tertiary/aromatic N) is 1. The van der Waals surface area contributed by atoms with Crippen LogP contribution in [0.4, 0.5) is 5.82 Å². The van der Waals surface area contributed by atoms with Crippen LogP contribution in [0.15, 0.2) is 6.07 Å². The highest BCUT2D eigenvalue weighted by Gasteiger charge is 2.21. The number of anilines is 1. The molecule has 1 aromatic rings. The normalized spacial score (nSPS) is 14.9. The predicted octanol–water partition coefficient (Wildman–Crippen LogP) is 2.85. The van der Waals surface area contributed by atoms with Gasteiger partial charge in [0.25, 0.3) is 0 Å². The van der Waals surface area contributed by atoms with E-state index >= 15 is 0 Å². The Bertz CT molecular complexity index is 383. The second-order valence-corrected chi connectivity index (χ2v) is 4.65. The number of hydrazine groups is 1. The number of hydrogen-bond acceptors (Lipinski definition) is 4. The van der Waals surface area contributed by atoms with Crippen LogP contribution in [-0.2, 0) is 0 Å². The fraction of sp³-hybridized carbons (Fsp3) is 0.500. The van der Waals surface area contributed by atoms with Gasteiger partial charge in [-0.1, -0.05) is 36.0 Å². The number of nitrogens with two attached hydrogens (primary N) is 1. The van der Waals surface area contributed by atoms with Crippen LogP contribution in [0.5, 0.6) is 5.88 Å². The van der Waals surface area contributed by atoms with E-state index in [-0.39, 0.29) is 0 Å². The van der Waals surface area contributed by atoms with Crippen molar-refractivity contribution in [1.29, 1.82) is 0 Å². The van der Waals surface area contributed by atoms with E-state index in [1.807, 2.05) is 0 Å². The summed E-state index contributed by atoms with van der Waals surface area (Å²) in [6, 6.07) is 1.57. The Balaban J connectivity index is 2.00. The molecular formula is C10H13Cl2N3O. The Morgan fingerprint density at radius 2 is 2.19 bits per heavy atom. The number of ether oxygens (including phenoxy) is 1. The molecule has 6 heteroatoms. The molecule has 1 aliphatic rings. The van der Waals surface area contributed by atoms with Gasteiger partial charge in [0.1, 0.15) is 5.02 Å². The van der Waals surface area contributed by atoms with Crippen molar-refractivity contribution in [2.24, 2.45) is 11.8 Å². The lowest BCUT2D eigenvalue weighted by Crippen LogP contribution is -2.10. The lowest BCUT2D eigenvalue weighted by molar-refractivity contribution is 0.292.